The summed E-state index contributed by atoms with van der Waals surface area (Å²) in [6.07, 6.45) is 3.14. The predicted octanol–water partition coefficient (Wildman–Crippen LogP) is 0.913. The van der Waals surface area contributed by atoms with Crippen molar-refractivity contribution in [2.45, 2.75) is 0 Å². The van der Waals surface area contributed by atoms with Crippen molar-refractivity contribution in [2.75, 3.05) is 5.32 Å². The van der Waals surface area contributed by atoms with Crippen LogP contribution in [0, 0.1) is 0 Å². The molecule has 0 fully saturated rings. The highest BCUT2D eigenvalue weighted by Gasteiger charge is 2.00. The van der Waals surface area contributed by atoms with Crippen molar-refractivity contribution in [1.29, 1.82) is 0 Å². The highest BCUT2D eigenvalue weighted by atomic mass is 32.1. The molecule has 0 aliphatic carbocycles. The normalized spacial score (nSPS) is 10.7. The number of rotatable bonds is 3. The minimum absolute atomic E-state index is 0.163. The molecule has 2 aromatic rings. The van der Waals surface area contributed by atoms with Crippen LogP contribution in [0.15, 0.2) is 23.6 Å². The van der Waals surface area contributed by atoms with E-state index in [4.69, 9.17) is 0 Å². The van der Waals surface area contributed by atoms with Crippen LogP contribution in [0.25, 0.3) is 6.08 Å². The summed E-state index contributed by atoms with van der Waals surface area (Å²) in [6.45, 7) is 0. The number of anilines is 1. The van der Waals surface area contributed by atoms with Crippen molar-refractivity contribution >= 4 is 29.3 Å². The van der Waals surface area contributed by atoms with Crippen molar-refractivity contribution in [3.05, 3.63) is 28.5 Å². The van der Waals surface area contributed by atoms with E-state index in [2.05, 4.69) is 25.9 Å². The van der Waals surface area contributed by atoms with Gasteiger partial charge in [-0.2, -0.15) is 5.21 Å². The fourth-order valence-electron chi connectivity index (χ4n) is 0.911. The Kier molecular flexibility index (Phi) is 2.84. The molecule has 76 valence electrons. The molecule has 0 bridgehead atoms. The molecule has 0 aliphatic heterocycles. The zero-order valence-corrected chi connectivity index (χ0v) is 8.36. The Balaban J connectivity index is 1.93. The minimum Gasteiger partial charge on any atom is -0.288 e. The molecule has 15 heavy (non-hydrogen) atoms. The monoisotopic (exact) mass is 221 g/mol. The molecule has 2 N–H and O–H groups in total. The molecule has 7 heteroatoms. The van der Waals surface area contributed by atoms with E-state index in [1.807, 2.05) is 17.5 Å². The van der Waals surface area contributed by atoms with Gasteiger partial charge in [0.25, 0.3) is 11.9 Å². The van der Waals surface area contributed by atoms with Crippen LogP contribution in [0.5, 0.6) is 0 Å². The number of carbonyl (C=O) groups is 1. The zero-order chi connectivity index (χ0) is 10.5. The predicted molar refractivity (Wildman–Crippen MR) is 56.2 cm³/mol. The molecule has 1 amide bonds. The largest absolute Gasteiger partial charge is 0.288 e. The number of thiophene rings is 1. The number of tetrazole rings is 1. The first kappa shape index (κ1) is 9.53. The van der Waals surface area contributed by atoms with E-state index in [0.29, 0.717) is 0 Å². The summed E-state index contributed by atoms with van der Waals surface area (Å²) in [4.78, 5) is 12.3. The number of aromatic nitrogens is 4. The maximum atomic E-state index is 11.3. The molecule has 0 atom stereocenters. The molecule has 0 unspecified atom stereocenters. The summed E-state index contributed by atoms with van der Waals surface area (Å²) >= 11 is 1.56. The average Bonchev–Trinajstić information content (AvgIpc) is 2.86. The Morgan fingerprint density at radius 2 is 2.53 bits per heavy atom. The number of nitrogens with one attached hydrogen (secondary N) is 2. The van der Waals surface area contributed by atoms with Crippen molar-refractivity contribution < 1.29 is 4.79 Å². The highest BCUT2D eigenvalue weighted by Crippen LogP contribution is 2.09. The number of carbonyl (C=O) groups excluding carboxylic acids is 1. The van der Waals surface area contributed by atoms with E-state index in [1.165, 1.54) is 6.08 Å². The quantitative estimate of drug-likeness (QED) is 0.755. The Labute approximate surface area is 89.0 Å². The fourth-order valence-corrected chi connectivity index (χ4v) is 1.53. The summed E-state index contributed by atoms with van der Waals surface area (Å²) in [5.74, 6) is -0.124. The van der Waals surface area contributed by atoms with Crippen molar-refractivity contribution in [3.63, 3.8) is 0 Å². The van der Waals surface area contributed by atoms with Gasteiger partial charge in [0.05, 0.1) is 0 Å². The second kappa shape index (κ2) is 4.47. The summed E-state index contributed by atoms with van der Waals surface area (Å²) < 4.78 is 0. The van der Waals surface area contributed by atoms with Crippen molar-refractivity contribution in [1.82, 2.24) is 20.6 Å². The Hall–Kier alpha value is -2.02. The molecule has 0 aliphatic rings. The molecule has 0 saturated carbocycles. The summed E-state index contributed by atoms with van der Waals surface area (Å²) in [5.41, 5.74) is 0. The third-order valence-electron chi connectivity index (χ3n) is 1.52. The lowest BCUT2D eigenvalue weighted by molar-refractivity contribution is -0.111. The van der Waals surface area contributed by atoms with E-state index in [9.17, 15) is 4.79 Å². The second-order valence-corrected chi connectivity index (χ2v) is 3.55. The number of amides is 1. The van der Waals surface area contributed by atoms with Crippen LogP contribution < -0.4 is 5.32 Å². The summed E-state index contributed by atoms with van der Waals surface area (Å²) in [7, 11) is 0. The number of hydrogen-bond acceptors (Lipinski definition) is 5. The third-order valence-corrected chi connectivity index (χ3v) is 2.36. The number of nitrogens with zero attached hydrogens (tertiary/aromatic N) is 3. The lowest BCUT2D eigenvalue weighted by Gasteiger charge is -1.91. The molecule has 0 aromatic carbocycles. The van der Waals surface area contributed by atoms with E-state index in [1.54, 1.807) is 17.4 Å². The van der Waals surface area contributed by atoms with Crippen molar-refractivity contribution in [2.24, 2.45) is 0 Å². The van der Waals surface area contributed by atoms with E-state index >= 15 is 0 Å². The molecule has 2 aromatic heterocycles. The number of aromatic amines is 1. The van der Waals surface area contributed by atoms with Crippen LogP contribution in [0.4, 0.5) is 5.95 Å². The maximum absolute atomic E-state index is 11.3. The topological polar surface area (TPSA) is 83.6 Å². The molecule has 6 nitrogen and oxygen atoms in total. The van der Waals surface area contributed by atoms with Gasteiger partial charge >= 0.3 is 0 Å². The average molecular weight is 221 g/mol. The lowest BCUT2D eigenvalue weighted by Crippen LogP contribution is -2.08. The standard InChI is InChI=1S/C8H7N5OS/c14-7(9-8-10-12-13-11-8)4-3-6-2-1-5-15-6/h1-5H,(H2,9,10,11,12,13,14)/b4-3+. The lowest BCUT2D eigenvalue weighted by atomic mass is 10.4. The molecule has 0 radical (unpaired) electrons. The molecular formula is C8H7N5OS. The van der Waals surface area contributed by atoms with Crippen molar-refractivity contribution in [3.8, 4) is 0 Å². The van der Waals surface area contributed by atoms with Gasteiger partial charge < -0.3 is 0 Å². The highest BCUT2D eigenvalue weighted by molar-refractivity contribution is 7.10. The van der Waals surface area contributed by atoms with Crippen LogP contribution in [0.2, 0.25) is 0 Å². The van der Waals surface area contributed by atoms with Crippen LogP contribution in [-0.2, 0) is 4.79 Å². The van der Waals surface area contributed by atoms with Gasteiger partial charge in [-0.3, -0.25) is 10.1 Å². The summed E-state index contributed by atoms with van der Waals surface area (Å²) in [5, 5.41) is 17.1. The van der Waals surface area contributed by atoms with Gasteiger partial charge in [-0.05, 0) is 22.7 Å². The maximum Gasteiger partial charge on any atom is 0.270 e. The minimum atomic E-state index is -0.287. The fraction of sp³-hybridized carbons (Fsp3) is 0. The Morgan fingerprint density at radius 1 is 1.60 bits per heavy atom. The molecule has 0 spiro atoms. The van der Waals surface area contributed by atoms with E-state index < -0.39 is 0 Å². The van der Waals surface area contributed by atoms with Gasteiger partial charge in [-0.1, -0.05) is 11.2 Å². The van der Waals surface area contributed by atoms with Gasteiger partial charge in [-0.15, -0.1) is 16.4 Å². The summed E-state index contributed by atoms with van der Waals surface area (Å²) in [6, 6.07) is 3.84. The number of hydrogen-bond donors (Lipinski definition) is 2. The van der Waals surface area contributed by atoms with Crippen LogP contribution in [0.3, 0.4) is 0 Å². The molecule has 2 rings (SSSR count). The van der Waals surface area contributed by atoms with Crippen LogP contribution in [0.1, 0.15) is 4.88 Å². The number of H-pyrrole nitrogens is 1. The van der Waals surface area contributed by atoms with Gasteiger partial charge in [0.1, 0.15) is 0 Å². The SMILES string of the molecule is O=C(/C=C/c1cccs1)Nc1nn[nH]n1. The zero-order valence-electron chi connectivity index (χ0n) is 7.54. The first-order chi connectivity index (χ1) is 7.34. The molecular weight excluding hydrogens is 214 g/mol. The van der Waals surface area contributed by atoms with Gasteiger partial charge in [0.15, 0.2) is 0 Å². The van der Waals surface area contributed by atoms with Gasteiger partial charge in [0.2, 0.25) is 0 Å². The Morgan fingerprint density at radius 3 is 3.20 bits per heavy atom. The van der Waals surface area contributed by atoms with Crippen LogP contribution >= 0.6 is 11.3 Å². The molecule has 2 heterocycles. The van der Waals surface area contributed by atoms with E-state index in [-0.39, 0.29) is 11.9 Å². The van der Waals surface area contributed by atoms with Gasteiger partial charge in [0, 0.05) is 11.0 Å². The second-order valence-electron chi connectivity index (χ2n) is 2.57. The van der Waals surface area contributed by atoms with Crippen LogP contribution in [-0.4, -0.2) is 26.5 Å². The third kappa shape index (κ3) is 2.71. The van der Waals surface area contributed by atoms with E-state index in [0.717, 1.165) is 4.88 Å². The Bertz CT molecular complexity index is 447. The molecule has 0 saturated heterocycles. The van der Waals surface area contributed by atoms with Gasteiger partial charge in [-0.25, -0.2) is 0 Å². The smallest absolute Gasteiger partial charge is 0.270 e. The first-order valence-corrected chi connectivity index (χ1v) is 4.98. The first-order valence-electron chi connectivity index (χ1n) is 4.10.